The van der Waals surface area contributed by atoms with E-state index in [9.17, 15) is 9.59 Å². The number of hydrogen-bond donors (Lipinski definition) is 1. The van der Waals surface area contributed by atoms with Crippen LogP contribution in [-0.4, -0.2) is 41.4 Å². The third kappa shape index (κ3) is 7.54. The number of carbonyl (C=O) groups excluding carboxylic acids is 2. The van der Waals surface area contributed by atoms with Crippen LogP contribution in [0.5, 0.6) is 5.75 Å². The second-order valence-corrected chi connectivity index (χ2v) is 8.95. The molecule has 5 nitrogen and oxygen atoms in total. The first-order chi connectivity index (χ1) is 14.1. The van der Waals surface area contributed by atoms with Crippen LogP contribution in [0.3, 0.4) is 0 Å². The van der Waals surface area contributed by atoms with Crippen molar-refractivity contribution in [2.24, 2.45) is 0 Å². The van der Waals surface area contributed by atoms with E-state index in [4.69, 9.17) is 27.9 Å². The number of benzene rings is 2. The predicted octanol–water partition coefficient (Wildman–Crippen LogP) is 4.75. The van der Waals surface area contributed by atoms with Crippen molar-refractivity contribution in [2.45, 2.75) is 45.7 Å². The lowest BCUT2D eigenvalue weighted by molar-refractivity contribution is -0.142. The molecule has 0 spiro atoms. The number of nitrogens with zero attached hydrogens (tertiary/aromatic N) is 1. The Kier molecular flexibility index (Phi) is 8.56. The van der Waals surface area contributed by atoms with Gasteiger partial charge >= 0.3 is 0 Å². The fraction of sp³-hybridized carbons (Fsp3) is 0.391. The van der Waals surface area contributed by atoms with E-state index in [1.165, 1.54) is 4.90 Å². The van der Waals surface area contributed by atoms with Crippen LogP contribution in [0.25, 0.3) is 0 Å². The Morgan fingerprint density at radius 2 is 1.77 bits per heavy atom. The molecule has 1 atom stereocenters. The first-order valence-electron chi connectivity index (χ1n) is 9.80. The number of carbonyl (C=O) groups is 2. The number of amides is 2. The highest BCUT2D eigenvalue weighted by Crippen LogP contribution is 2.27. The summed E-state index contributed by atoms with van der Waals surface area (Å²) in [5.74, 6) is -0.147. The molecule has 30 heavy (non-hydrogen) atoms. The summed E-state index contributed by atoms with van der Waals surface area (Å²) in [6, 6.07) is 14.0. The maximum absolute atomic E-state index is 13.0. The molecule has 0 fully saturated rings. The largest absolute Gasteiger partial charge is 0.482 e. The fourth-order valence-electron chi connectivity index (χ4n) is 2.86. The van der Waals surface area contributed by atoms with Crippen molar-refractivity contribution >= 4 is 35.0 Å². The molecule has 2 aromatic rings. The van der Waals surface area contributed by atoms with Gasteiger partial charge in [0.05, 0.1) is 5.02 Å². The van der Waals surface area contributed by atoms with Crippen molar-refractivity contribution in [2.75, 3.05) is 13.2 Å². The van der Waals surface area contributed by atoms with Crippen LogP contribution < -0.4 is 10.1 Å². The van der Waals surface area contributed by atoms with Gasteiger partial charge in [0.15, 0.2) is 6.61 Å². The minimum absolute atomic E-state index is 0.214. The molecule has 0 heterocycles. The van der Waals surface area contributed by atoms with Gasteiger partial charge in [0.25, 0.3) is 5.91 Å². The van der Waals surface area contributed by atoms with Crippen molar-refractivity contribution in [3.63, 3.8) is 0 Å². The zero-order chi connectivity index (χ0) is 22.3. The molecule has 162 valence electrons. The van der Waals surface area contributed by atoms with Gasteiger partial charge in [0.1, 0.15) is 11.8 Å². The van der Waals surface area contributed by atoms with Gasteiger partial charge in [-0.25, -0.2) is 0 Å². The molecule has 0 unspecified atom stereocenters. The van der Waals surface area contributed by atoms with Gasteiger partial charge in [0, 0.05) is 17.1 Å². The van der Waals surface area contributed by atoms with Crippen molar-refractivity contribution in [3.8, 4) is 5.75 Å². The van der Waals surface area contributed by atoms with Gasteiger partial charge in [0.2, 0.25) is 5.91 Å². The van der Waals surface area contributed by atoms with Crippen LogP contribution >= 0.6 is 23.2 Å². The normalized spacial score (nSPS) is 12.2. The van der Waals surface area contributed by atoms with E-state index in [0.717, 1.165) is 5.56 Å². The summed E-state index contributed by atoms with van der Waals surface area (Å²) < 4.78 is 5.60. The summed E-state index contributed by atoms with van der Waals surface area (Å²) in [6.07, 6.45) is 0.626. The minimum atomic E-state index is -0.648. The average molecular weight is 451 g/mol. The van der Waals surface area contributed by atoms with Gasteiger partial charge in [-0.05, 0) is 57.9 Å². The second kappa shape index (κ2) is 10.7. The van der Waals surface area contributed by atoms with E-state index < -0.39 is 11.6 Å². The molecule has 2 amide bonds. The molecule has 0 radical (unpaired) electrons. The smallest absolute Gasteiger partial charge is 0.261 e. The lowest BCUT2D eigenvalue weighted by Gasteiger charge is -2.31. The van der Waals surface area contributed by atoms with Crippen LogP contribution in [-0.2, 0) is 16.0 Å². The summed E-state index contributed by atoms with van der Waals surface area (Å²) >= 11 is 12.0. The van der Waals surface area contributed by atoms with Crippen molar-refractivity contribution in [1.82, 2.24) is 10.2 Å². The maximum atomic E-state index is 13.0. The third-order valence-corrected chi connectivity index (χ3v) is 4.93. The highest BCUT2D eigenvalue weighted by molar-refractivity contribution is 6.35. The molecule has 0 saturated carbocycles. The summed E-state index contributed by atoms with van der Waals surface area (Å²) in [4.78, 5) is 27.2. The number of nitrogens with one attached hydrogen (secondary N) is 1. The number of halogens is 2. The Morgan fingerprint density at radius 3 is 2.37 bits per heavy atom. The molecule has 0 aromatic heterocycles. The van der Waals surface area contributed by atoms with Gasteiger partial charge in [-0.2, -0.15) is 0 Å². The SMILES string of the molecule is C[C@@H](C(=O)NC(C)(C)C)N(CCc1ccccc1)C(=O)COc1ccc(Cl)cc1Cl. The summed E-state index contributed by atoms with van der Waals surface area (Å²) in [5, 5.41) is 3.74. The molecule has 0 bridgehead atoms. The Morgan fingerprint density at radius 1 is 1.10 bits per heavy atom. The monoisotopic (exact) mass is 450 g/mol. The first kappa shape index (κ1) is 24.0. The number of hydrogen-bond acceptors (Lipinski definition) is 3. The standard InChI is InChI=1S/C23H28Cl2N2O3/c1-16(22(29)26-23(2,3)4)27(13-12-17-8-6-5-7-9-17)21(28)15-30-20-11-10-18(24)14-19(20)25/h5-11,14,16H,12-13,15H2,1-4H3,(H,26,29)/t16-/m0/s1. The lowest BCUT2D eigenvalue weighted by atomic mass is 10.1. The van der Waals surface area contributed by atoms with Gasteiger partial charge < -0.3 is 15.0 Å². The molecule has 7 heteroatoms. The van der Waals surface area contributed by atoms with Crippen LogP contribution in [0.2, 0.25) is 10.0 Å². The van der Waals surface area contributed by atoms with Gasteiger partial charge in [-0.1, -0.05) is 53.5 Å². The highest BCUT2D eigenvalue weighted by Gasteiger charge is 2.28. The number of rotatable bonds is 8. The van der Waals surface area contributed by atoms with Crippen LogP contribution in [0, 0.1) is 0 Å². The average Bonchev–Trinajstić information content (AvgIpc) is 2.66. The zero-order valence-electron chi connectivity index (χ0n) is 17.7. The van der Waals surface area contributed by atoms with E-state index in [1.807, 2.05) is 51.1 Å². The second-order valence-electron chi connectivity index (χ2n) is 8.10. The number of ether oxygens (including phenoxy) is 1. The molecule has 2 aromatic carbocycles. The summed E-state index contributed by atoms with van der Waals surface area (Å²) in [5.41, 5.74) is 0.688. The zero-order valence-corrected chi connectivity index (χ0v) is 19.3. The Bertz CT molecular complexity index is 866. The summed E-state index contributed by atoms with van der Waals surface area (Å²) in [7, 11) is 0. The third-order valence-electron chi connectivity index (χ3n) is 4.39. The van der Waals surface area contributed by atoms with E-state index >= 15 is 0 Å². The van der Waals surface area contributed by atoms with Crippen LogP contribution in [0.4, 0.5) is 0 Å². The molecular formula is C23H28Cl2N2O3. The minimum Gasteiger partial charge on any atom is -0.482 e. The van der Waals surface area contributed by atoms with E-state index in [-0.39, 0.29) is 18.4 Å². The molecule has 0 saturated heterocycles. The Hall–Kier alpha value is -2.24. The molecule has 0 aliphatic rings. The van der Waals surface area contributed by atoms with Crippen LogP contribution in [0.15, 0.2) is 48.5 Å². The lowest BCUT2D eigenvalue weighted by Crippen LogP contribution is -2.53. The van der Waals surface area contributed by atoms with Crippen molar-refractivity contribution < 1.29 is 14.3 Å². The molecule has 0 aliphatic carbocycles. The van der Waals surface area contributed by atoms with Gasteiger partial charge in [-0.15, -0.1) is 0 Å². The first-order valence-corrected chi connectivity index (χ1v) is 10.6. The van der Waals surface area contributed by atoms with Crippen molar-refractivity contribution in [3.05, 3.63) is 64.1 Å². The predicted molar refractivity (Wildman–Crippen MR) is 121 cm³/mol. The molecule has 2 rings (SSSR count). The van der Waals surface area contributed by atoms with Crippen LogP contribution in [0.1, 0.15) is 33.3 Å². The fourth-order valence-corrected chi connectivity index (χ4v) is 3.32. The molecule has 1 N–H and O–H groups in total. The molecular weight excluding hydrogens is 423 g/mol. The van der Waals surface area contributed by atoms with E-state index in [1.54, 1.807) is 25.1 Å². The highest BCUT2D eigenvalue weighted by atomic mass is 35.5. The molecule has 0 aliphatic heterocycles. The maximum Gasteiger partial charge on any atom is 0.261 e. The van der Waals surface area contributed by atoms with E-state index in [0.29, 0.717) is 28.8 Å². The van der Waals surface area contributed by atoms with Crippen molar-refractivity contribution in [1.29, 1.82) is 0 Å². The Labute approximate surface area is 188 Å². The topological polar surface area (TPSA) is 58.6 Å². The summed E-state index contributed by atoms with van der Waals surface area (Å²) in [6.45, 7) is 7.58. The van der Waals surface area contributed by atoms with Gasteiger partial charge in [-0.3, -0.25) is 9.59 Å². The Balaban J connectivity index is 2.11. The van der Waals surface area contributed by atoms with E-state index in [2.05, 4.69) is 5.32 Å². The quantitative estimate of drug-likeness (QED) is 0.631.